The molecular weight excluding hydrogens is 1140 g/mol. The molecule has 0 aliphatic carbocycles. The highest BCUT2D eigenvalue weighted by atomic mass is 32.1. The number of thiophene rings is 4. The van der Waals surface area contributed by atoms with E-state index in [0.717, 1.165) is 29.3 Å². The lowest BCUT2D eigenvalue weighted by Gasteiger charge is -2.23. The molecule has 8 amide bonds. The van der Waals surface area contributed by atoms with Crippen molar-refractivity contribution in [3.8, 4) is 29.3 Å². The number of carboxylic acid groups (broad SMARTS) is 4. The average Bonchev–Trinajstić information content (AvgIpc) is 4.30. The van der Waals surface area contributed by atoms with Gasteiger partial charge in [-0.1, -0.05) is 60.7 Å². The van der Waals surface area contributed by atoms with Crippen LogP contribution in [0, 0.1) is 0 Å². The van der Waals surface area contributed by atoms with E-state index in [0.29, 0.717) is 20.9 Å². The lowest BCUT2D eigenvalue weighted by molar-refractivity contribution is -0.147. The Morgan fingerprint density at radius 1 is 0.378 bits per heavy atom. The SMILES string of the molecule is CC(NC(=O)CNC(=O)c1ccc(-c2ccc(-c3ccc(-c4ccc(C(=O)NCC(=O)NC(C)C(=O)NC(Cc5ccccc5)C(=O)NC(CC(=O)O)C(=O)O)s4)s3)s2)s1)C(=O)NC(Cc1ccccc1)C(=O)NC(CC(=O)O)C(=O)O. The van der Waals surface area contributed by atoms with Gasteiger partial charge in [0.15, 0.2) is 0 Å². The van der Waals surface area contributed by atoms with Crippen LogP contribution in [-0.4, -0.2) is 141 Å². The first-order chi connectivity index (χ1) is 39.0. The number of nitrogens with one attached hydrogen (secondary N) is 8. The van der Waals surface area contributed by atoms with E-state index < -0.39 is 133 Å². The second kappa shape index (κ2) is 29.4. The summed E-state index contributed by atoms with van der Waals surface area (Å²) in [4.78, 5) is 156. The first kappa shape index (κ1) is 62.1. The second-order valence-corrected chi connectivity index (χ2v) is 22.4. The third-order valence-corrected chi connectivity index (χ3v) is 16.7. The van der Waals surface area contributed by atoms with Crippen molar-refractivity contribution in [2.45, 2.75) is 75.8 Å². The summed E-state index contributed by atoms with van der Waals surface area (Å²) in [6.07, 6.45) is -1.98. The Morgan fingerprint density at radius 2 is 0.683 bits per heavy atom. The summed E-state index contributed by atoms with van der Waals surface area (Å²) in [7, 11) is 0. The summed E-state index contributed by atoms with van der Waals surface area (Å²) in [6.45, 7) is 1.68. The fraction of sp³-hybridized carbons (Fsp3) is 0.259. The molecule has 28 heteroatoms. The third kappa shape index (κ3) is 18.5. The summed E-state index contributed by atoms with van der Waals surface area (Å²) in [5, 5.41) is 56.3. The van der Waals surface area contributed by atoms with Gasteiger partial charge in [0.1, 0.15) is 36.3 Å². The molecule has 0 radical (unpaired) electrons. The molecule has 2 aromatic carbocycles. The van der Waals surface area contributed by atoms with Crippen molar-refractivity contribution >= 4 is 116 Å². The molecule has 0 saturated heterocycles. The van der Waals surface area contributed by atoms with Gasteiger partial charge in [0.05, 0.1) is 35.7 Å². The van der Waals surface area contributed by atoms with Gasteiger partial charge in [-0.3, -0.25) is 47.9 Å². The van der Waals surface area contributed by atoms with Crippen LogP contribution in [0.1, 0.15) is 57.2 Å². The number of hydrogen-bond acceptors (Lipinski definition) is 16. The Bertz CT molecular complexity index is 3120. The molecule has 6 rings (SSSR count). The zero-order valence-corrected chi connectivity index (χ0v) is 46.7. The maximum absolute atomic E-state index is 13.2. The number of carbonyl (C=O) groups is 12. The number of rotatable bonds is 29. The van der Waals surface area contributed by atoms with Crippen molar-refractivity contribution in [2.24, 2.45) is 0 Å². The number of amides is 8. The Morgan fingerprint density at radius 3 is 1.00 bits per heavy atom. The molecule has 4 heterocycles. The predicted octanol–water partition coefficient (Wildman–Crippen LogP) is 2.95. The minimum atomic E-state index is -1.77. The van der Waals surface area contributed by atoms with Gasteiger partial charge in [0.25, 0.3) is 11.8 Å². The topological polar surface area (TPSA) is 382 Å². The van der Waals surface area contributed by atoms with Crippen LogP contribution in [-0.2, 0) is 60.8 Å². The molecule has 6 aromatic rings. The highest BCUT2D eigenvalue weighted by Crippen LogP contribution is 2.43. The highest BCUT2D eigenvalue weighted by molar-refractivity contribution is 7.29. The summed E-state index contributed by atoms with van der Waals surface area (Å²) in [5.74, 6) is -12.2. The standard InChI is InChI=1S/C54H54N8O16S4/c1-27(47(69)59-31(21-29-9-5-3-6-10-29)49(71)61-33(53(75)76)23-45(65)66)57-43(63)25-55-51(73)41-19-17-39(81-41)37-15-13-35(79-37)36-14-16-38(80-36)40-18-20-42(82-40)52(74)56-26-44(64)58-28(2)48(70)60-32(22-30-11-7-4-8-12-30)50(72)62-34(54(77)78)24-46(67)68/h3-20,27-28,31-34H,21-26H2,1-2H3,(H,55,73)(H,56,74)(H,57,63)(H,58,64)(H,59,69)(H,60,70)(H,61,71)(H,62,72)(H,65,66)(H,67,68)(H,75,76)(H,77,78). The molecule has 6 atom stereocenters. The van der Waals surface area contributed by atoms with Gasteiger partial charge in [0.2, 0.25) is 35.4 Å². The molecule has 0 aliphatic rings. The van der Waals surface area contributed by atoms with Crippen molar-refractivity contribution in [3.05, 3.63) is 130 Å². The number of hydrogen-bond donors (Lipinski definition) is 12. The van der Waals surface area contributed by atoms with E-state index in [9.17, 15) is 67.7 Å². The lowest BCUT2D eigenvalue weighted by Crippen LogP contribution is -2.56. The van der Waals surface area contributed by atoms with Gasteiger partial charge in [-0.2, -0.15) is 0 Å². The molecular formula is C54H54N8O16S4. The predicted molar refractivity (Wildman–Crippen MR) is 302 cm³/mol. The molecule has 0 bridgehead atoms. The normalized spacial score (nSPS) is 13.0. The average molecular weight is 1200 g/mol. The lowest BCUT2D eigenvalue weighted by atomic mass is 10.0. The third-order valence-electron chi connectivity index (χ3n) is 11.8. The van der Waals surface area contributed by atoms with Crippen LogP contribution >= 0.6 is 45.3 Å². The van der Waals surface area contributed by atoms with E-state index >= 15 is 0 Å². The number of benzene rings is 2. The van der Waals surface area contributed by atoms with Gasteiger partial charge in [-0.15, -0.1) is 45.3 Å². The number of aliphatic carboxylic acids is 4. The molecule has 24 nitrogen and oxygen atoms in total. The van der Waals surface area contributed by atoms with Gasteiger partial charge >= 0.3 is 23.9 Å². The zero-order valence-electron chi connectivity index (χ0n) is 43.4. The minimum absolute atomic E-state index is 0.0842. The fourth-order valence-corrected chi connectivity index (χ4v) is 11.7. The molecule has 0 spiro atoms. The fourth-order valence-electron chi connectivity index (χ4n) is 7.61. The van der Waals surface area contributed by atoms with E-state index in [-0.39, 0.29) is 12.8 Å². The van der Waals surface area contributed by atoms with Crippen molar-refractivity contribution in [2.75, 3.05) is 13.1 Å². The second-order valence-electron chi connectivity index (χ2n) is 18.1. The van der Waals surface area contributed by atoms with Crippen LogP contribution in [0.25, 0.3) is 29.3 Å². The van der Waals surface area contributed by atoms with E-state index in [2.05, 4.69) is 42.5 Å². The van der Waals surface area contributed by atoms with Crippen molar-refractivity contribution in [1.29, 1.82) is 0 Å². The smallest absolute Gasteiger partial charge is 0.326 e. The molecule has 0 saturated carbocycles. The van der Waals surface area contributed by atoms with Crippen molar-refractivity contribution < 1.29 is 78.0 Å². The first-order valence-corrected chi connectivity index (χ1v) is 28.0. The Hall–Kier alpha value is -9.12. The van der Waals surface area contributed by atoms with E-state index in [4.69, 9.17) is 10.2 Å². The molecule has 6 unspecified atom stereocenters. The van der Waals surface area contributed by atoms with Gasteiger partial charge in [-0.05, 0) is 73.5 Å². The van der Waals surface area contributed by atoms with Crippen LogP contribution in [0.5, 0.6) is 0 Å². The van der Waals surface area contributed by atoms with E-state index in [1.165, 1.54) is 59.2 Å². The summed E-state index contributed by atoms with van der Waals surface area (Å²) in [5.41, 5.74) is 1.20. The quantitative estimate of drug-likeness (QED) is 0.0321. The van der Waals surface area contributed by atoms with Gasteiger partial charge in [0, 0.05) is 42.1 Å². The molecule has 12 N–H and O–H groups in total. The summed E-state index contributed by atoms with van der Waals surface area (Å²) < 4.78 is 0. The van der Waals surface area contributed by atoms with Crippen LogP contribution in [0.3, 0.4) is 0 Å². The molecule has 430 valence electrons. The molecule has 0 fully saturated rings. The maximum Gasteiger partial charge on any atom is 0.326 e. The van der Waals surface area contributed by atoms with Crippen molar-refractivity contribution in [1.82, 2.24) is 42.5 Å². The molecule has 82 heavy (non-hydrogen) atoms. The van der Waals surface area contributed by atoms with Gasteiger partial charge < -0.3 is 63.0 Å². The van der Waals surface area contributed by atoms with Crippen molar-refractivity contribution in [3.63, 3.8) is 0 Å². The number of carboxylic acids is 4. The maximum atomic E-state index is 13.2. The highest BCUT2D eigenvalue weighted by Gasteiger charge is 2.32. The van der Waals surface area contributed by atoms with Crippen LogP contribution < -0.4 is 42.5 Å². The largest absolute Gasteiger partial charge is 0.481 e. The van der Waals surface area contributed by atoms with Crippen LogP contribution in [0.4, 0.5) is 0 Å². The Balaban J connectivity index is 0.961. The summed E-state index contributed by atoms with van der Waals surface area (Å²) >= 11 is 5.35. The van der Waals surface area contributed by atoms with Gasteiger partial charge in [-0.25, -0.2) is 9.59 Å². The molecule has 0 aliphatic heterocycles. The first-order valence-electron chi connectivity index (χ1n) is 24.8. The monoisotopic (exact) mass is 1200 g/mol. The zero-order chi connectivity index (χ0) is 59.6. The van der Waals surface area contributed by atoms with Crippen LogP contribution in [0.2, 0.25) is 0 Å². The number of carbonyl (C=O) groups excluding carboxylic acids is 8. The minimum Gasteiger partial charge on any atom is -0.481 e. The Kier molecular flexibility index (Phi) is 22.2. The van der Waals surface area contributed by atoms with E-state index in [1.807, 2.05) is 24.3 Å². The summed E-state index contributed by atoms with van der Waals surface area (Å²) in [6, 6.07) is 22.7. The van der Waals surface area contributed by atoms with Crippen LogP contribution in [0.15, 0.2) is 109 Å². The van der Waals surface area contributed by atoms with E-state index in [1.54, 1.807) is 84.9 Å². The Labute approximate surface area is 482 Å². The molecule has 4 aromatic heterocycles.